The number of ether oxygens (including phenoxy) is 1. The van der Waals surface area contributed by atoms with Gasteiger partial charge in [0.25, 0.3) is 0 Å². The number of benzene rings is 2. The molecule has 0 radical (unpaired) electrons. The van der Waals surface area contributed by atoms with Crippen LogP contribution in [0.15, 0.2) is 45.2 Å². The van der Waals surface area contributed by atoms with Crippen molar-refractivity contribution < 1.29 is 37.9 Å². The molecule has 0 unspecified atom stereocenters. The van der Waals surface area contributed by atoms with Crippen LogP contribution < -0.4 is 0 Å². The zero-order chi connectivity index (χ0) is 34.4. The average Bonchev–Trinajstić information content (AvgIpc) is 3.49. The fraction of sp³-hybridized carbons (Fsp3) is 0.444. The van der Waals surface area contributed by atoms with Gasteiger partial charge in [0.1, 0.15) is 22.7 Å². The highest BCUT2D eigenvalue weighted by Crippen LogP contribution is 2.33. The topological polar surface area (TPSA) is 124 Å². The van der Waals surface area contributed by atoms with E-state index in [-0.39, 0.29) is 35.8 Å². The molecule has 0 bridgehead atoms. The maximum atomic E-state index is 12.6. The Morgan fingerprint density at radius 1 is 0.717 bits per heavy atom. The number of carbonyl (C=O) groups is 4. The third-order valence-corrected chi connectivity index (χ3v) is 8.06. The summed E-state index contributed by atoms with van der Waals surface area (Å²) in [7, 11) is 0. The lowest BCUT2D eigenvalue weighted by atomic mass is 9.83. The van der Waals surface area contributed by atoms with Crippen molar-refractivity contribution in [2.45, 2.75) is 87.0 Å². The molecule has 0 saturated carbocycles. The number of carboxylic acids is 1. The van der Waals surface area contributed by atoms with Gasteiger partial charge in [0, 0.05) is 33.7 Å². The highest BCUT2D eigenvalue weighted by atomic mass is 35.5. The van der Waals surface area contributed by atoms with Crippen LogP contribution in [0.25, 0.3) is 21.9 Å². The molecule has 0 aliphatic carbocycles. The Labute approximate surface area is 279 Å². The molecule has 2 heterocycles. The summed E-state index contributed by atoms with van der Waals surface area (Å²) in [5.74, 6) is 0.251. The number of Topliss-reactive ketones (excluding diaryl/α,β-unsaturated/α-hetero) is 2. The van der Waals surface area contributed by atoms with Crippen LogP contribution in [-0.4, -0.2) is 35.2 Å². The molecular formula is C36H42Cl2O8. The van der Waals surface area contributed by atoms with Gasteiger partial charge in [0.2, 0.25) is 0 Å². The van der Waals surface area contributed by atoms with E-state index in [1.54, 1.807) is 31.2 Å². The lowest BCUT2D eigenvalue weighted by Crippen LogP contribution is -2.20. The van der Waals surface area contributed by atoms with Crippen molar-refractivity contribution >= 4 is 68.6 Å². The molecule has 2 aromatic carbocycles. The molecule has 248 valence electrons. The van der Waals surface area contributed by atoms with E-state index in [2.05, 4.69) is 0 Å². The molecule has 0 fully saturated rings. The smallest absolute Gasteiger partial charge is 0.306 e. The Morgan fingerprint density at radius 3 is 1.52 bits per heavy atom. The SMILES string of the molecule is CCOC(=O)CC(C)(C)CCC(=O)c1cc(Cl)cc2cc(C)oc12.Cc1cc2cc(Cl)cc(C(=O)CCC(C)(C)CC(=O)O)c2o1. The number of fused-ring (bicyclic) bond motifs is 2. The van der Waals surface area contributed by atoms with Crippen molar-refractivity contribution in [3.8, 4) is 0 Å². The Morgan fingerprint density at radius 2 is 1.13 bits per heavy atom. The maximum absolute atomic E-state index is 12.6. The summed E-state index contributed by atoms with van der Waals surface area (Å²) in [6, 6.07) is 10.5. The normalized spacial score (nSPS) is 11.8. The molecule has 4 aromatic rings. The van der Waals surface area contributed by atoms with Gasteiger partial charge in [-0.3, -0.25) is 19.2 Å². The first-order valence-corrected chi connectivity index (χ1v) is 16.0. The number of ketones is 2. The largest absolute Gasteiger partial charge is 0.481 e. The van der Waals surface area contributed by atoms with E-state index in [9.17, 15) is 19.2 Å². The van der Waals surface area contributed by atoms with Gasteiger partial charge in [-0.1, -0.05) is 50.9 Å². The quantitative estimate of drug-likeness (QED) is 0.110. The van der Waals surface area contributed by atoms with Crippen LogP contribution in [-0.2, 0) is 14.3 Å². The molecule has 0 spiro atoms. The van der Waals surface area contributed by atoms with Gasteiger partial charge in [-0.25, -0.2) is 0 Å². The number of rotatable bonds is 13. The molecule has 8 nitrogen and oxygen atoms in total. The summed E-state index contributed by atoms with van der Waals surface area (Å²) in [6.07, 6.45) is 1.98. The molecule has 0 saturated heterocycles. The summed E-state index contributed by atoms with van der Waals surface area (Å²) in [5.41, 5.74) is 1.34. The first-order chi connectivity index (χ1) is 21.4. The number of halogens is 2. The van der Waals surface area contributed by atoms with Crippen LogP contribution in [0.4, 0.5) is 0 Å². The van der Waals surface area contributed by atoms with Gasteiger partial charge in [-0.2, -0.15) is 0 Å². The number of esters is 1. The number of carbonyl (C=O) groups excluding carboxylic acids is 3. The first kappa shape index (κ1) is 36.8. The van der Waals surface area contributed by atoms with E-state index in [1.165, 1.54) is 0 Å². The van der Waals surface area contributed by atoms with Crippen LogP contribution >= 0.6 is 23.2 Å². The summed E-state index contributed by atoms with van der Waals surface area (Å²) >= 11 is 12.2. The van der Waals surface area contributed by atoms with Gasteiger partial charge in [0.05, 0.1) is 30.6 Å². The van der Waals surface area contributed by atoms with Gasteiger partial charge >= 0.3 is 11.9 Å². The van der Waals surface area contributed by atoms with E-state index < -0.39 is 11.4 Å². The number of hydrogen-bond donors (Lipinski definition) is 1. The van der Waals surface area contributed by atoms with Crippen LogP contribution in [0.2, 0.25) is 10.0 Å². The van der Waals surface area contributed by atoms with Crippen molar-refractivity contribution in [3.05, 3.63) is 69.1 Å². The highest BCUT2D eigenvalue weighted by Gasteiger charge is 2.26. The van der Waals surface area contributed by atoms with Gasteiger partial charge in [-0.15, -0.1) is 0 Å². The molecule has 0 aliphatic heterocycles. The number of furan rings is 2. The number of carboxylic acid groups (broad SMARTS) is 1. The molecule has 10 heteroatoms. The summed E-state index contributed by atoms with van der Waals surface area (Å²) in [5, 5.41) is 11.5. The van der Waals surface area contributed by atoms with Crippen LogP contribution in [0.5, 0.6) is 0 Å². The fourth-order valence-electron chi connectivity index (χ4n) is 5.27. The fourth-order valence-corrected chi connectivity index (χ4v) is 5.72. The van der Waals surface area contributed by atoms with E-state index >= 15 is 0 Å². The van der Waals surface area contributed by atoms with E-state index in [0.717, 1.165) is 22.3 Å². The van der Waals surface area contributed by atoms with E-state index in [4.69, 9.17) is 41.9 Å². The van der Waals surface area contributed by atoms with Crippen molar-refractivity contribution in [2.75, 3.05) is 6.61 Å². The number of hydrogen-bond acceptors (Lipinski definition) is 7. The van der Waals surface area contributed by atoms with Crippen molar-refractivity contribution in [1.29, 1.82) is 0 Å². The Bertz CT molecular complexity index is 1740. The second kappa shape index (κ2) is 15.3. The highest BCUT2D eigenvalue weighted by molar-refractivity contribution is 6.32. The minimum absolute atomic E-state index is 0.0328. The maximum Gasteiger partial charge on any atom is 0.306 e. The molecule has 4 rings (SSSR count). The Kier molecular flexibility index (Phi) is 12.3. The van der Waals surface area contributed by atoms with Gasteiger partial charge in [0.15, 0.2) is 11.6 Å². The lowest BCUT2D eigenvalue weighted by molar-refractivity contribution is -0.145. The molecular weight excluding hydrogens is 631 g/mol. The van der Waals surface area contributed by atoms with Gasteiger partial charge in [-0.05, 0) is 80.8 Å². The Balaban J connectivity index is 0.000000251. The van der Waals surface area contributed by atoms with E-state index in [1.807, 2.05) is 53.7 Å². The Hall–Kier alpha value is -3.62. The molecule has 2 aromatic heterocycles. The van der Waals surface area contributed by atoms with Crippen LogP contribution in [0.3, 0.4) is 0 Å². The first-order valence-electron chi connectivity index (χ1n) is 15.2. The van der Waals surface area contributed by atoms with Crippen LogP contribution in [0.1, 0.15) is 105 Å². The minimum Gasteiger partial charge on any atom is -0.481 e. The molecule has 0 amide bonds. The molecule has 0 atom stereocenters. The standard InChI is InChI=1S/C19H23ClO4.C17H19ClO4/c1-5-23-17(22)11-19(3,4)7-6-16(21)15-10-14(20)9-13-8-12(2)24-18(13)15;1-10-6-11-7-12(18)8-13(16(11)22-10)14(19)4-5-17(2,3)9-15(20)21/h8-10H,5-7,11H2,1-4H3;6-8H,4-5,9H2,1-3H3,(H,20,21). The predicted octanol–water partition coefficient (Wildman–Crippen LogP) is 10.2. The summed E-state index contributed by atoms with van der Waals surface area (Å²) in [4.78, 5) is 47.6. The third-order valence-electron chi connectivity index (χ3n) is 7.62. The summed E-state index contributed by atoms with van der Waals surface area (Å²) < 4.78 is 16.2. The van der Waals surface area contributed by atoms with Crippen molar-refractivity contribution in [1.82, 2.24) is 0 Å². The number of aliphatic carboxylic acids is 1. The number of aryl methyl sites for hydroxylation is 2. The average molecular weight is 674 g/mol. The zero-order valence-corrected chi connectivity index (χ0v) is 29.0. The minimum atomic E-state index is -0.857. The molecule has 1 N–H and O–H groups in total. The second-order valence-electron chi connectivity index (χ2n) is 13.2. The monoisotopic (exact) mass is 672 g/mol. The van der Waals surface area contributed by atoms with E-state index in [0.29, 0.717) is 64.6 Å². The van der Waals surface area contributed by atoms with Crippen LogP contribution in [0, 0.1) is 24.7 Å². The lowest BCUT2D eigenvalue weighted by Gasteiger charge is -2.22. The third kappa shape index (κ3) is 10.5. The molecule has 0 aliphatic rings. The zero-order valence-electron chi connectivity index (χ0n) is 27.5. The second-order valence-corrected chi connectivity index (χ2v) is 14.1. The predicted molar refractivity (Wildman–Crippen MR) is 180 cm³/mol. The summed E-state index contributed by atoms with van der Waals surface area (Å²) in [6.45, 7) is 13.4. The molecule has 46 heavy (non-hydrogen) atoms. The van der Waals surface area contributed by atoms with Gasteiger partial charge < -0.3 is 18.7 Å². The van der Waals surface area contributed by atoms with Crippen molar-refractivity contribution in [3.63, 3.8) is 0 Å². The van der Waals surface area contributed by atoms with Crippen molar-refractivity contribution in [2.24, 2.45) is 10.8 Å².